The molecule has 0 saturated heterocycles. The van der Waals surface area contributed by atoms with Gasteiger partial charge in [-0.15, -0.1) is 10.2 Å². The van der Waals surface area contributed by atoms with Crippen molar-refractivity contribution in [3.05, 3.63) is 30.1 Å². The van der Waals surface area contributed by atoms with Crippen LogP contribution in [-0.4, -0.2) is 25.8 Å². The van der Waals surface area contributed by atoms with Crippen molar-refractivity contribution in [2.24, 2.45) is 29.1 Å². The minimum absolute atomic E-state index is 0.113. The molecule has 4 aliphatic rings. The van der Waals surface area contributed by atoms with E-state index < -0.39 is 0 Å². The van der Waals surface area contributed by atoms with E-state index in [1.165, 1.54) is 37.1 Å². The first kappa shape index (κ1) is 21.2. The second-order valence-corrected chi connectivity index (χ2v) is 11.9. The molecule has 1 heterocycles. The Balaban J connectivity index is 1.41. The fourth-order valence-electron chi connectivity index (χ4n) is 6.80. The Bertz CT molecular complexity index is 950. The summed E-state index contributed by atoms with van der Waals surface area (Å²) in [5.41, 5.74) is 0.348. The highest BCUT2D eigenvalue weighted by Gasteiger charge is 2.55. The largest absolute Gasteiger partial charge is 0.302 e. The maximum atomic E-state index is 14.5. The summed E-state index contributed by atoms with van der Waals surface area (Å²) in [6.07, 6.45) is 7.26. The topological polar surface area (TPSA) is 47.8 Å². The van der Waals surface area contributed by atoms with Crippen LogP contribution in [0.4, 0.5) is 4.39 Å². The molecule has 0 unspecified atom stereocenters. The molecule has 1 aromatic carbocycles. The molecule has 4 saturated carbocycles. The van der Waals surface area contributed by atoms with Gasteiger partial charge in [-0.25, -0.2) is 4.39 Å². The number of carbonyl (C=O) groups is 1. The summed E-state index contributed by atoms with van der Waals surface area (Å²) < 4.78 is 16.5. The van der Waals surface area contributed by atoms with Gasteiger partial charge in [0.15, 0.2) is 16.8 Å². The number of benzene rings is 1. The van der Waals surface area contributed by atoms with Gasteiger partial charge in [-0.1, -0.05) is 37.7 Å². The van der Waals surface area contributed by atoms with E-state index in [4.69, 9.17) is 0 Å². The van der Waals surface area contributed by atoms with E-state index in [-0.39, 0.29) is 16.5 Å². The first-order chi connectivity index (χ1) is 14.8. The fraction of sp³-hybridized carbons (Fsp3) is 0.640. The Hall–Kier alpha value is -1.69. The van der Waals surface area contributed by atoms with Crippen LogP contribution in [-0.2, 0) is 11.3 Å². The Kier molecular flexibility index (Phi) is 5.48. The van der Waals surface area contributed by atoms with Crippen molar-refractivity contribution in [1.82, 2.24) is 14.8 Å². The van der Waals surface area contributed by atoms with Crippen molar-refractivity contribution in [2.75, 3.05) is 0 Å². The lowest BCUT2D eigenvalue weighted by atomic mass is 9.48. The lowest BCUT2D eigenvalue weighted by molar-refractivity contribution is -0.143. The van der Waals surface area contributed by atoms with Gasteiger partial charge in [0, 0.05) is 12.0 Å². The Morgan fingerprint density at radius 3 is 2.29 bits per heavy atom. The molecule has 0 N–H and O–H groups in total. The molecule has 1 atom stereocenters. The van der Waals surface area contributed by atoms with E-state index >= 15 is 0 Å². The minimum atomic E-state index is -0.297. The average molecular weight is 442 g/mol. The van der Waals surface area contributed by atoms with Crippen LogP contribution in [0.15, 0.2) is 29.4 Å². The maximum absolute atomic E-state index is 14.5. The first-order valence-electron chi connectivity index (χ1n) is 11.7. The van der Waals surface area contributed by atoms with Crippen molar-refractivity contribution in [3.63, 3.8) is 0 Å². The number of carbonyl (C=O) groups excluding carboxylic acids is 1. The summed E-state index contributed by atoms with van der Waals surface area (Å²) in [6, 6.07) is 6.70. The Morgan fingerprint density at radius 2 is 1.71 bits per heavy atom. The standard InChI is InChI=1S/C25H32FN3OS/c1-15(2)14-29-23(20-6-4-5-7-21(20)26)27-28-24(29)31-16(3)22(30)25-11-17-8-18(12-25)10-19(9-17)13-25/h4-7,15-19H,8-14H2,1-3H3/t16-,17?,18?,19?,25?/m0/s1. The first-order valence-corrected chi connectivity index (χ1v) is 12.6. The van der Waals surface area contributed by atoms with E-state index in [1.54, 1.807) is 12.1 Å². The molecule has 0 aliphatic heterocycles. The molecule has 0 radical (unpaired) electrons. The highest BCUT2D eigenvalue weighted by Crippen LogP contribution is 2.61. The number of ketones is 1. The van der Waals surface area contributed by atoms with Gasteiger partial charge >= 0.3 is 0 Å². The summed E-state index contributed by atoms with van der Waals surface area (Å²) in [5.74, 6) is 3.27. The fourth-order valence-corrected chi connectivity index (χ4v) is 7.85. The summed E-state index contributed by atoms with van der Waals surface area (Å²) in [4.78, 5) is 13.7. The number of aromatic nitrogens is 3. The van der Waals surface area contributed by atoms with E-state index in [2.05, 4.69) is 24.0 Å². The van der Waals surface area contributed by atoms with Crippen molar-refractivity contribution >= 4 is 17.5 Å². The molecule has 0 amide bonds. The third kappa shape index (κ3) is 3.85. The third-order valence-electron chi connectivity index (χ3n) is 7.59. The van der Waals surface area contributed by atoms with Gasteiger partial charge in [0.05, 0.1) is 10.8 Å². The van der Waals surface area contributed by atoms with Crippen LogP contribution in [0.25, 0.3) is 11.4 Å². The predicted octanol–water partition coefficient (Wildman–Crippen LogP) is 6.01. The molecule has 31 heavy (non-hydrogen) atoms. The maximum Gasteiger partial charge on any atom is 0.192 e. The summed E-state index contributed by atoms with van der Waals surface area (Å²) >= 11 is 1.51. The number of nitrogens with zero attached hydrogens (tertiary/aromatic N) is 3. The second-order valence-electron chi connectivity index (χ2n) is 10.6. The van der Waals surface area contributed by atoms with Gasteiger partial charge in [-0.05, 0) is 81.3 Å². The lowest BCUT2D eigenvalue weighted by Gasteiger charge is -2.56. The van der Waals surface area contributed by atoms with Gasteiger partial charge in [0.25, 0.3) is 0 Å². The monoisotopic (exact) mass is 441 g/mol. The third-order valence-corrected chi connectivity index (χ3v) is 8.67. The molecule has 4 bridgehead atoms. The van der Waals surface area contributed by atoms with Gasteiger partial charge in [-0.2, -0.15) is 0 Å². The molecule has 2 aromatic rings. The van der Waals surface area contributed by atoms with E-state index in [1.807, 2.05) is 17.6 Å². The van der Waals surface area contributed by atoms with Crippen LogP contribution in [0.2, 0.25) is 0 Å². The van der Waals surface area contributed by atoms with Crippen molar-refractivity contribution in [2.45, 2.75) is 76.2 Å². The zero-order valence-electron chi connectivity index (χ0n) is 18.7. The Labute approximate surface area is 188 Å². The van der Waals surface area contributed by atoms with Crippen molar-refractivity contribution in [3.8, 4) is 11.4 Å². The SMILES string of the molecule is CC(C)Cn1c(S[C@@H](C)C(=O)C23CC4CC(CC(C4)C2)C3)nnc1-c1ccccc1F. The van der Waals surface area contributed by atoms with Crippen LogP contribution in [0.5, 0.6) is 0 Å². The number of rotatable bonds is 7. The minimum Gasteiger partial charge on any atom is -0.302 e. The second kappa shape index (κ2) is 8.02. The number of hydrogen-bond donors (Lipinski definition) is 0. The predicted molar refractivity (Wildman–Crippen MR) is 121 cm³/mol. The van der Waals surface area contributed by atoms with Crippen LogP contribution >= 0.6 is 11.8 Å². The van der Waals surface area contributed by atoms with Crippen LogP contribution in [0, 0.1) is 34.9 Å². The lowest BCUT2D eigenvalue weighted by Crippen LogP contribution is -2.51. The molecule has 6 heteroatoms. The molecule has 4 fully saturated rings. The van der Waals surface area contributed by atoms with Crippen molar-refractivity contribution < 1.29 is 9.18 Å². The number of hydrogen-bond acceptors (Lipinski definition) is 4. The van der Waals surface area contributed by atoms with Gasteiger partial charge in [-0.3, -0.25) is 4.79 Å². The smallest absolute Gasteiger partial charge is 0.192 e. The van der Waals surface area contributed by atoms with E-state index in [0.717, 1.165) is 42.2 Å². The zero-order chi connectivity index (χ0) is 21.8. The van der Waals surface area contributed by atoms with E-state index in [0.29, 0.717) is 29.6 Å². The summed E-state index contributed by atoms with van der Waals surface area (Å²) in [7, 11) is 0. The summed E-state index contributed by atoms with van der Waals surface area (Å²) in [6.45, 7) is 6.98. The molecule has 4 aliphatic carbocycles. The van der Waals surface area contributed by atoms with E-state index in [9.17, 15) is 9.18 Å². The molecule has 0 spiro atoms. The van der Waals surface area contributed by atoms with Crippen LogP contribution < -0.4 is 0 Å². The highest BCUT2D eigenvalue weighted by molar-refractivity contribution is 8.00. The molecular formula is C25H32FN3OS. The highest BCUT2D eigenvalue weighted by atomic mass is 32.2. The zero-order valence-corrected chi connectivity index (χ0v) is 19.5. The molecule has 166 valence electrons. The van der Waals surface area contributed by atoms with Gasteiger partial charge in [0.1, 0.15) is 5.82 Å². The van der Waals surface area contributed by atoms with Crippen LogP contribution in [0.3, 0.4) is 0 Å². The average Bonchev–Trinajstić information content (AvgIpc) is 3.08. The summed E-state index contributed by atoms with van der Waals surface area (Å²) in [5, 5.41) is 9.31. The normalized spacial score (nSPS) is 30.2. The Morgan fingerprint density at radius 1 is 1.10 bits per heavy atom. The van der Waals surface area contributed by atoms with Crippen molar-refractivity contribution in [1.29, 1.82) is 0 Å². The molecule has 6 rings (SSSR count). The number of thioether (sulfide) groups is 1. The number of Topliss-reactive ketones (excluding diaryl/α,β-unsaturated/α-hetero) is 1. The number of halogens is 1. The molecule has 4 nitrogen and oxygen atoms in total. The van der Waals surface area contributed by atoms with Crippen LogP contribution in [0.1, 0.15) is 59.3 Å². The van der Waals surface area contributed by atoms with Gasteiger partial charge < -0.3 is 4.57 Å². The molecular weight excluding hydrogens is 409 g/mol. The molecule has 1 aromatic heterocycles. The quantitative estimate of drug-likeness (QED) is 0.494. The van der Waals surface area contributed by atoms with Gasteiger partial charge in [0.2, 0.25) is 0 Å².